The highest BCUT2D eigenvalue weighted by Gasteiger charge is 2.35. The summed E-state index contributed by atoms with van der Waals surface area (Å²) in [5, 5.41) is 8.86. The molecule has 0 saturated heterocycles. The van der Waals surface area contributed by atoms with E-state index in [1.165, 1.54) is 0 Å². The molecule has 0 aliphatic rings. The first-order valence-electron chi connectivity index (χ1n) is 6.44. The fourth-order valence-corrected chi connectivity index (χ4v) is 2.69. The maximum atomic E-state index is 6.26. The van der Waals surface area contributed by atoms with Crippen LogP contribution < -0.4 is 0 Å². The lowest BCUT2D eigenvalue weighted by Gasteiger charge is -2.36. The van der Waals surface area contributed by atoms with Gasteiger partial charge >= 0.3 is 0 Å². The zero-order valence-corrected chi connectivity index (χ0v) is 12.6. The Hall–Kier alpha value is -0.570. The molecule has 0 bridgehead atoms. The van der Waals surface area contributed by atoms with Gasteiger partial charge in [0.05, 0.1) is 0 Å². The van der Waals surface area contributed by atoms with Crippen molar-refractivity contribution in [2.45, 2.75) is 71.8 Å². The summed E-state index contributed by atoms with van der Waals surface area (Å²) in [4.78, 5) is 0. The maximum Gasteiger partial charge on any atom is 0.225 e. The van der Waals surface area contributed by atoms with Crippen LogP contribution >= 0.6 is 11.6 Å². The normalized spacial score (nSPS) is 13.1. The summed E-state index contributed by atoms with van der Waals surface area (Å²) in [6, 6.07) is 0. The monoisotopic (exact) mass is 257 g/mol. The van der Waals surface area contributed by atoms with Crippen molar-refractivity contribution in [3.63, 3.8) is 0 Å². The van der Waals surface area contributed by atoms with E-state index in [9.17, 15) is 0 Å². The Morgan fingerprint density at radius 3 is 1.82 bits per heavy atom. The van der Waals surface area contributed by atoms with Gasteiger partial charge in [0.25, 0.3) is 0 Å². The van der Waals surface area contributed by atoms with Gasteiger partial charge in [-0.3, -0.25) is 4.57 Å². The first-order chi connectivity index (χ1) is 7.82. The summed E-state index contributed by atoms with van der Waals surface area (Å²) >= 11 is 6.26. The molecule has 98 valence electrons. The van der Waals surface area contributed by atoms with Crippen LogP contribution in [-0.2, 0) is 11.0 Å². The van der Waals surface area contributed by atoms with E-state index < -0.39 is 0 Å². The molecule has 1 rings (SSSR count). The number of halogens is 1. The molecule has 1 aromatic rings. The first-order valence-corrected chi connectivity index (χ1v) is 6.82. The summed E-state index contributed by atoms with van der Waals surface area (Å²) in [7, 11) is 0. The van der Waals surface area contributed by atoms with Gasteiger partial charge in [-0.05, 0) is 30.9 Å². The number of rotatable bonds is 4. The predicted molar refractivity (Wildman–Crippen MR) is 72.6 cm³/mol. The van der Waals surface area contributed by atoms with E-state index in [0.717, 1.165) is 25.1 Å². The largest absolute Gasteiger partial charge is 0.295 e. The van der Waals surface area contributed by atoms with Crippen molar-refractivity contribution in [3.05, 3.63) is 11.1 Å². The lowest BCUT2D eigenvalue weighted by atomic mass is 9.87. The Kier molecular flexibility index (Phi) is 4.23. The zero-order chi connectivity index (χ0) is 13.3. The molecule has 0 amide bonds. The van der Waals surface area contributed by atoms with E-state index in [4.69, 9.17) is 11.6 Å². The molecular weight excluding hydrogens is 234 g/mol. The predicted octanol–water partition coefficient (Wildman–Crippen LogP) is 4.15. The molecule has 0 saturated carbocycles. The number of hydrogen-bond acceptors (Lipinski definition) is 2. The summed E-state index contributed by atoms with van der Waals surface area (Å²) in [6.07, 6.45) is 3.13. The fourth-order valence-electron chi connectivity index (χ4n) is 2.40. The van der Waals surface area contributed by atoms with Crippen LogP contribution in [-0.4, -0.2) is 14.8 Å². The summed E-state index contributed by atoms with van der Waals surface area (Å²) in [5.74, 6) is 0.980. The second-order valence-corrected chi connectivity index (χ2v) is 6.00. The molecule has 3 nitrogen and oxygen atoms in total. The molecule has 0 unspecified atom stereocenters. The standard InChI is InChI=1S/C13H24ClN3/c1-7-13(8-2,9-3)17-10(12(4,5)6)15-16-11(17)14/h7-9H2,1-6H3. The van der Waals surface area contributed by atoms with Gasteiger partial charge in [0.1, 0.15) is 5.82 Å². The van der Waals surface area contributed by atoms with Gasteiger partial charge in [-0.1, -0.05) is 41.5 Å². The van der Waals surface area contributed by atoms with Gasteiger partial charge in [-0.2, -0.15) is 0 Å². The third kappa shape index (κ3) is 2.49. The van der Waals surface area contributed by atoms with Crippen LogP contribution in [0, 0.1) is 0 Å². The average molecular weight is 258 g/mol. The smallest absolute Gasteiger partial charge is 0.225 e. The van der Waals surface area contributed by atoms with Gasteiger partial charge < -0.3 is 0 Å². The minimum atomic E-state index is -0.0368. The summed E-state index contributed by atoms with van der Waals surface area (Å²) < 4.78 is 2.15. The molecule has 0 aliphatic carbocycles. The number of aromatic nitrogens is 3. The summed E-state index contributed by atoms with van der Waals surface area (Å²) in [6.45, 7) is 13.1. The molecule has 0 N–H and O–H groups in total. The van der Waals surface area contributed by atoms with Crippen LogP contribution in [0.1, 0.15) is 66.6 Å². The minimum Gasteiger partial charge on any atom is -0.295 e. The van der Waals surface area contributed by atoms with Gasteiger partial charge in [-0.15, -0.1) is 10.2 Å². The van der Waals surface area contributed by atoms with Crippen molar-refractivity contribution < 1.29 is 0 Å². The van der Waals surface area contributed by atoms with Crippen molar-refractivity contribution in [1.82, 2.24) is 14.8 Å². The van der Waals surface area contributed by atoms with Crippen LogP contribution in [0.3, 0.4) is 0 Å². The average Bonchev–Trinajstić information content (AvgIpc) is 2.65. The highest BCUT2D eigenvalue weighted by Crippen LogP contribution is 2.36. The van der Waals surface area contributed by atoms with Crippen LogP contribution in [0.25, 0.3) is 0 Å². The minimum absolute atomic E-state index is 0.0368. The van der Waals surface area contributed by atoms with Crippen molar-refractivity contribution >= 4 is 11.6 Å². The van der Waals surface area contributed by atoms with Crippen molar-refractivity contribution in [2.75, 3.05) is 0 Å². The van der Waals surface area contributed by atoms with Gasteiger partial charge in [0.15, 0.2) is 0 Å². The van der Waals surface area contributed by atoms with Gasteiger partial charge in [0, 0.05) is 11.0 Å². The van der Waals surface area contributed by atoms with Crippen LogP contribution in [0.4, 0.5) is 0 Å². The molecule has 17 heavy (non-hydrogen) atoms. The van der Waals surface area contributed by atoms with Crippen LogP contribution in [0.5, 0.6) is 0 Å². The molecule has 1 aromatic heterocycles. The van der Waals surface area contributed by atoms with E-state index in [1.54, 1.807) is 0 Å². The maximum absolute atomic E-state index is 6.26. The van der Waals surface area contributed by atoms with Crippen molar-refractivity contribution in [1.29, 1.82) is 0 Å². The lowest BCUT2D eigenvalue weighted by Crippen LogP contribution is -2.36. The third-order valence-electron chi connectivity index (χ3n) is 3.74. The van der Waals surface area contributed by atoms with Gasteiger partial charge in [-0.25, -0.2) is 0 Å². The quantitative estimate of drug-likeness (QED) is 0.811. The highest BCUT2D eigenvalue weighted by atomic mass is 35.5. The second-order valence-electron chi connectivity index (χ2n) is 5.66. The third-order valence-corrected chi connectivity index (χ3v) is 3.99. The Morgan fingerprint density at radius 1 is 1.00 bits per heavy atom. The molecule has 1 heterocycles. The molecule has 0 aromatic carbocycles. The highest BCUT2D eigenvalue weighted by molar-refractivity contribution is 6.28. The van der Waals surface area contributed by atoms with E-state index in [-0.39, 0.29) is 11.0 Å². The number of hydrogen-bond donors (Lipinski definition) is 0. The Morgan fingerprint density at radius 2 is 1.47 bits per heavy atom. The Bertz CT molecular complexity index is 364. The number of nitrogens with zero attached hydrogens (tertiary/aromatic N) is 3. The van der Waals surface area contributed by atoms with E-state index in [1.807, 2.05) is 0 Å². The molecule has 0 atom stereocenters. The van der Waals surface area contributed by atoms with E-state index >= 15 is 0 Å². The molecule has 0 spiro atoms. The van der Waals surface area contributed by atoms with Crippen LogP contribution in [0.2, 0.25) is 5.28 Å². The van der Waals surface area contributed by atoms with Crippen LogP contribution in [0.15, 0.2) is 0 Å². The first kappa shape index (κ1) is 14.5. The van der Waals surface area contributed by atoms with E-state index in [0.29, 0.717) is 5.28 Å². The molecule has 4 heteroatoms. The summed E-state index contributed by atoms with van der Waals surface area (Å²) in [5.41, 5.74) is 0.00803. The SMILES string of the molecule is CCC(CC)(CC)n1c(Cl)nnc1C(C)(C)C. The lowest BCUT2D eigenvalue weighted by molar-refractivity contribution is 0.233. The zero-order valence-electron chi connectivity index (χ0n) is 11.8. The molecular formula is C13H24ClN3. The fraction of sp³-hybridized carbons (Fsp3) is 0.846. The Labute approximate surface area is 110 Å². The second kappa shape index (κ2) is 4.97. The van der Waals surface area contributed by atoms with Gasteiger partial charge in [0.2, 0.25) is 5.28 Å². The molecule has 0 fully saturated rings. The molecule has 0 radical (unpaired) electrons. The van der Waals surface area contributed by atoms with Crippen molar-refractivity contribution in [3.8, 4) is 0 Å². The Balaban J connectivity index is 3.43. The van der Waals surface area contributed by atoms with Crippen molar-refractivity contribution in [2.24, 2.45) is 0 Å². The topological polar surface area (TPSA) is 30.7 Å². The molecule has 0 aliphatic heterocycles. The van der Waals surface area contributed by atoms with E-state index in [2.05, 4.69) is 56.3 Å².